The predicted octanol–water partition coefficient (Wildman–Crippen LogP) is 3.00. The monoisotopic (exact) mass is 277 g/mol. The number of benzene rings is 1. The number of nitrogens with one attached hydrogen (secondary N) is 1. The molecule has 1 heterocycles. The molecule has 0 spiro atoms. The lowest BCUT2D eigenvalue weighted by atomic mass is 10.1. The van der Waals surface area contributed by atoms with Gasteiger partial charge in [0, 0.05) is 5.02 Å². The highest BCUT2D eigenvalue weighted by atomic mass is 35.5. The first kappa shape index (κ1) is 13.3. The highest BCUT2D eigenvalue weighted by molar-refractivity contribution is 6.31. The number of rotatable bonds is 4. The molecule has 0 aliphatic rings. The van der Waals surface area contributed by atoms with E-state index in [0.29, 0.717) is 10.8 Å². The normalized spacial score (nSPS) is 11.9. The number of nitrogens with zero attached hydrogens (tertiary/aromatic N) is 2. The Balaban J connectivity index is 2.19. The molecule has 0 amide bonds. The zero-order valence-electron chi connectivity index (χ0n) is 10.2. The molecule has 0 radical (unpaired) electrons. The third-order valence-corrected chi connectivity index (χ3v) is 2.93. The third-order valence-electron chi connectivity index (χ3n) is 2.59. The molecule has 0 saturated carbocycles. The van der Waals surface area contributed by atoms with E-state index in [4.69, 9.17) is 16.7 Å². The lowest BCUT2D eigenvalue weighted by Crippen LogP contribution is -2.11. The third kappa shape index (κ3) is 3.20. The minimum absolute atomic E-state index is 0.101. The summed E-state index contributed by atoms with van der Waals surface area (Å²) in [6.45, 7) is 1.91. The Morgan fingerprint density at radius 1 is 1.37 bits per heavy atom. The number of aromatic carboxylic acids is 1. The number of carbonyl (C=O) groups is 1. The molecule has 0 fully saturated rings. The second-order valence-corrected chi connectivity index (χ2v) is 4.39. The summed E-state index contributed by atoms with van der Waals surface area (Å²) in [5, 5.41) is 12.6. The Morgan fingerprint density at radius 2 is 2.11 bits per heavy atom. The van der Waals surface area contributed by atoms with Gasteiger partial charge in [-0.1, -0.05) is 29.8 Å². The maximum absolute atomic E-state index is 10.8. The van der Waals surface area contributed by atoms with Crippen molar-refractivity contribution in [2.75, 3.05) is 5.32 Å². The fraction of sp³-hybridized carbons (Fsp3) is 0.154. The predicted molar refractivity (Wildman–Crippen MR) is 72.5 cm³/mol. The first-order valence-corrected chi connectivity index (χ1v) is 6.02. The van der Waals surface area contributed by atoms with Crippen LogP contribution in [-0.4, -0.2) is 21.0 Å². The summed E-state index contributed by atoms with van der Waals surface area (Å²) < 4.78 is 0. The highest BCUT2D eigenvalue weighted by Gasteiger charge is 2.11. The average molecular weight is 278 g/mol. The van der Waals surface area contributed by atoms with Crippen molar-refractivity contribution in [1.82, 2.24) is 9.97 Å². The van der Waals surface area contributed by atoms with Crippen LogP contribution in [0.3, 0.4) is 0 Å². The van der Waals surface area contributed by atoms with Gasteiger partial charge in [0.25, 0.3) is 0 Å². The number of anilines is 1. The summed E-state index contributed by atoms with van der Waals surface area (Å²) in [5.41, 5.74) is 0.808. The van der Waals surface area contributed by atoms with Crippen molar-refractivity contribution in [3.05, 3.63) is 52.9 Å². The van der Waals surface area contributed by atoms with Gasteiger partial charge in [-0.25, -0.2) is 9.78 Å². The SMILES string of the molecule is CC(Nc1cncc(C(=O)O)n1)c1ccccc1Cl. The fourth-order valence-electron chi connectivity index (χ4n) is 1.66. The standard InChI is InChI=1S/C13H12ClN3O2/c1-8(9-4-2-3-5-10(9)14)16-12-7-15-6-11(17-12)13(18)19/h2-8H,1H3,(H,16,17)(H,18,19). The van der Waals surface area contributed by atoms with Crippen LogP contribution in [0, 0.1) is 0 Å². The van der Waals surface area contributed by atoms with Gasteiger partial charge in [0.1, 0.15) is 5.82 Å². The van der Waals surface area contributed by atoms with Crippen molar-refractivity contribution in [3.63, 3.8) is 0 Å². The quantitative estimate of drug-likeness (QED) is 0.898. The van der Waals surface area contributed by atoms with E-state index in [-0.39, 0.29) is 11.7 Å². The molecule has 0 bridgehead atoms. The summed E-state index contributed by atoms with van der Waals surface area (Å²) in [7, 11) is 0. The molecule has 2 aromatic rings. The van der Waals surface area contributed by atoms with E-state index in [1.54, 1.807) is 6.07 Å². The van der Waals surface area contributed by atoms with Crippen molar-refractivity contribution in [2.45, 2.75) is 13.0 Å². The van der Waals surface area contributed by atoms with Crippen LogP contribution in [0.4, 0.5) is 5.82 Å². The number of aromatic nitrogens is 2. The van der Waals surface area contributed by atoms with Crippen molar-refractivity contribution in [2.24, 2.45) is 0 Å². The number of carboxylic acids is 1. The van der Waals surface area contributed by atoms with Gasteiger partial charge in [-0.3, -0.25) is 4.98 Å². The lowest BCUT2D eigenvalue weighted by Gasteiger charge is -2.16. The Bertz CT molecular complexity index is 604. The van der Waals surface area contributed by atoms with E-state index < -0.39 is 5.97 Å². The first-order chi connectivity index (χ1) is 9.08. The summed E-state index contributed by atoms with van der Waals surface area (Å²) >= 11 is 6.10. The van der Waals surface area contributed by atoms with Crippen molar-refractivity contribution >= 4 is 23.4 Å². The second kappa shape index (κ2) is 5.67. The zero-order valence-corrected chi connectivity index (χ0v) is 10.9. The minimum Gasteiger partial charge on any atom is -0.476 e. The van der Waals surface area contributed by atoms with Gasteiger partial charge < -0.3 is 10.4 Å². The molecule has 5 nitrogen and oxygen atoms in total. The molecule has 1 aromatic heterocycles. The molecule has 19 heavy (non-hydrogen) atoms. The summed E-state index contributed by atoms with van der Waals surface area (Å²) in [4.78, 5) is 18.6. The molecule has 98 valence electrons. The van der Waals surface area contributed by atoms with E-state index in [0.717, 1.165) is 5.56 Å². The van der Waals surface area contributed by atoms with Crippen LogP contribution in [0.25, 0.3) is 0 Å². The van der Waals surface area contributed by atoms with Crippen molar-refractivity contribution in [1.29, 1.82) is 0 Å². The van der Waals surface area contributed by atoms with E-state index in [1.165, 1.54) is 12.4 Å². The van der Waals surface area contributed by atoms with Crippen LogP contribution in [0.15, 0.2) is 36.7 Å². The van der Waals surface area contributed by atoms with Crippen LogP contribution >= 0.6 is 11.6 Å². The van der Waals surface area contributed by atoms with E-state index in [1.807, 2.05) is 25.1 Å². The van der Waals surface area contributed by atoms with E-state index in [9.17, 15) is 4.79 Å². The number of hydrogen-bond donors (Lipinski definition) is 2. The van der Waals surface area contributed by atoms with Gasteiger partial charge in [-0.05, 0) is 18.6 Å². The van der Waals surface area contributed by atoms with Gasteiger partial charge in [0.05, 0.1) is 18.4 Å². The van der Waals surface area contributed by atoms with Gasteiger partial charge in [0.2, 0.25) is 0 Å². The van der Waals surface area contributed by atoms with Gasteiger partial charge in [0.15, 0.2) is 5.69 Å². The van der Waals surface area contributed by atoms with Crippen molar-refractivity contribution < 1.29 is 9.90 Å². The van der Waals surface area contributed by atoms with Crippen LogP contribution in [0.2, 0.25) is 5.02 Å². The highest BCUT2D eigenvalue weighted by Crippen LogP contribution is 2.24. The Labute approximate surface area is 115 Å². The topological polar surface area (TPSA) is 75.1 Å². The Morgan fingerprint density at radius 3 is 2.79 bits per heavy atom. The summed E-state index contributed by atoms with van der Waals surface area (Å²) in [6.07, 6.45) is 2.67. The van der Waals surface area contributed by atoms with Crippen LogP contribution < -0.4 is 5.32 Å². The van der Waals surface area contributed by atoms with Gasteiger partial charge >= 0.3 is 5.97 Å². The summed E-state index contributed by atoms with van der Waals surface area (Å²) in [5.74, 6) is -0.714. The molecule has 1 unspecified atom stereocenters. The molecule has 0 aliphatic heterocycles. The first-order valence-electron chi connectivity index (χ1n) is 5.64. The molecule has 6 heteroatoms. The molecular weight excluding hydrogens is 266 g/mol. The molecule has 1 atom stereocenters. The Hall–Kier alpha value is -2.14. The maximum atomic E-state index is 10.8. The zero-order chi connectivity index (χ0) is 13.8. The van der Waals surface area contributed by atoms with Gasteiger partial charge in [-0.2, -0.15) is 0 Å². The fourth-order valence-corrected chi connectivity index (χ4v) is 1.96. The number of halogens is 1. The second-order valence-electron chi connectivity index (χ2n) is 3.98. The summed E-state index contributed by atoms with van der Waals surface area (Å²) in [6, 6.07) is 7.33. The number of hydrogen-bond acceptors (Lipinski definition) is 4. The molecule has 0 aliphatic carbocycles. The smallest absolute Gasteiger partial charge is 0.356 e. The molecular formula is C13H12ClN3O2. The molecule has 1 aromatic carbocycles. The largest absolute Gasteiger partial charge is 0.476 e. The van der Waals surface area contributed by atoms with Crippen LogP contribution in [0.1, 0.15) is 29.0 Å². The van der Waals surface area contributed by atoms with Crippen LogP contribution in [0.5, 0.6) is 0 Å². The average Bonchev–Trinajstić information content (AvgIpc) is 2.39. The lowest BCUT2D eigenvalue weighted by molar-refractivity contribution is 0.0690. The van der Waals surface area contributed by atoms with Crippen molar-refractivity contribution in [3.8, 4) is 0 Å². The molecule has 2 N–H and O–H groups in total. The van der Waals surface area contributed by atoms with Crippen LogP contribution in [-0.2, 0) is 0 Å². The Kier molecular flexibility index (Phi) is 3.97. The molecule has 0 saturated heterocycles. The maximum Gasteiger partial charge on any atom is 0.356 e. The molecule has 2 rings (SSSR count). The minimum atomic E-state index is -1.11. The number of carboxylic acid groups (broad SMARTS) is 1. The van der Waals surface area contributed by atoms with E-state index >= 15 is 0 Å². The van der Waals surface area contributed by atoms with Gasteiger partial charge in [-0.15, -0.1) is 0 Å². The van der Waals surface area contributed by atoms with E-state index in [2.05, 4.69) is 15.3 Å².